The number of nitrogens with one attached hydrogen (secondary N) is 2. The highest BCUT2D eigenvalue weighted by molar-refractivity contribution is 6.05. The summed E-state index contributed by atoms with van der Waals surface area (Å²) in [5, 5.41) is 10.2. The second kappa shape index (κ2) is 9.25. The van der Waals surface area contributed by atoms with Crippen molar-refractivity contribution in [3.05, 3.63) is 47.8 Å². The van der Waals surface area contributed by atoms with Crippen LogP contribution in [0.2, 0.25) is 0 Å². The SMILES string of the molecule is CCN(CC)c1cc(C)nc(Nc2ccc(NC(=O)c3cn(C)nc3OC)cc2)n1. The number of carbonyl (C=O) groups excluding carboxylic acids is 1. The van der Waals surface area contributed by atoms with Crippen molar-refractivity contribution < 1.29 is 9.53 Å². The number of ether oxygens (including phenoxy) is 1. The lowest BCUT2D eigenvalue weighted by Gasteiger charge is -2.20. The molecule has 0 aliphatic heterocycles. The second-order valence-electron chi connectivity index (χ2n) is 6.75. The fraction of sp³-hybridized carbons (Fsp3) is 0.333. The molecule has 0 atom stereocenters. The van der Waals surface area contributed by atoms with E-state index in [9.17, 15) is 4.79 Å². The largest absolute Gasteiger partial charge is 0.479 e. The summed E-state index contributed by atoms with van der Waals surface area (Å²) in [6.45, 7) is 7.90. The summed E-state index contributed by atoms with van der Waals surface area (Å²) in [5.74, 6) is 1.43. The normalized spacial score (nSPS) is 10.6. The van der Waals surface area contributed by atoms with Crippen molar-refractivity contribution in [1.82, 2.24) is 19.7 Å². The predicted octanol–water partition coefficient (Wildman–Crippen LogP) is 3.37. The number of hydrogen-bond acceptors (Lipinski definition) is 7. The zero-order valence-electron chi connectivity index (χ0n) is 17.9. The van der Waals surface area contributed by atoms with Crippen molar-refractivity contribution in [2.24, 2.45) is 7.05 Å². The van der Waals surface area contributed by atoms with Crippen LogP contribution in [-0.4, -0.2) is 45.9 Å². The van der Waals surface area contributed by atoms with E-state index in [1.807, 2.05) is 37.3 Å². The minimum atomic E-state index is -0.286. The van der Waals surface area contributed by atoms with Crippen LogP contribution in [0.15, 0.2) is 36.5 Å². The zero-order valence-corrected chi connectivity index (χ0v) is 17.9. The lowest BCUT2D eigenvalue weighted by molar-refractivity contribution is 0.102. The van der Waals surface area contributed by atoms with Gasteiger partial charge in [-0.05, 0) is 45.0 Å². The molecule has 0 radical (unpaired) electrons. The third kappa shape index (κ3) is 4.86. The molecule has 1 amide bonds. The van der Waals surface area contributed by atoms with Gasteiger partial charge >= 0.3 is 0 Å². The zero-order chi connectivity index (χ0) is 21.7. The van der Waals surface area contributed by atoms with Gasteiger partial charge in [-0.25, -0.2) is 4.98 Å². The van der Waals surface area contributed by atoms with Gasteiger partial charge < -0.3 is 20.3 Å². The lowest BCUT2D eigenvalue weighted by Crippen LogP contribution is -2.23. The molecule has 0 aliphatic rings. The maximum Gasteiger partial charge on any atom is 0.262 e. The van der Waals surface area contributed by atoms with Crippen LogP contribution in [0.3, 0.4) is 0 Å². The highest BCUT2D eigenvalue weighted by Crippen LogP contribution is 2.21. The molecule has 2 heterocycles. The monoisotopic (exact) mass is 409 g/mol. The van der Waals surface area contributed by atoms with E-state index >= 15 is 0 Å². The number of nitrogens with zero attached hydrogens (tertiary/aromatic N) is 5. The van der Waals surface area contributed by atoms with Crippen LogP contribution in [0, 0.1) is 6.92 Å². The van der Waals surface area contributed by atoms with Crippen LogP contribution in [0.1, 0.15) is 29.9 Å². The molecule has 0 spiro atoms. The molecule has 3 aromatic rings. The van der Waals surface area contributed by atoms with E-state index in [1.165, 1.54) is 11.8 Å². The van der Waals surface area contributed by atoms with Gasteiger partial charge in [0.25, 0.3) is 5.91 Å². The Balaban J connectivity index is 1.71. The van der Waals surface area contributed by atoms with E-state index in [0.717, 1.165) is 30.3 Å². The van der Waals surface area contributed by atoms with Crippen molar-refractivity contribution in [1.29, 1.82) is 0 Å². The maximum absolute atomic E-state index is 12.5. The first kappa shape index (κ1) is 21.1. The standard InChI is InChI=1S/C21H27N7O2/c1-6-28(7-2)18-12-14(3)22-21(25-18)24-16-10-8-15(9-11-16)23-19(29)17-13-27(4)26-20(17)30-5/h8-13H,6-7H2,1-5H3,(H,23,29)(H,22,24,25). The van der Waals surface area contributed by atoms with E-state index in [0.29, 0.717) is 17.2 Å². The topological polar surface area (TPSA) is 97.2 Å². The van der Waals surface area contributed by atoms with Crippen LogP contribution >= 0.6 is 0 Å². The summed E-state index contributed by atoms with van der Waals surface area (Å²) in [6, 6.07) is 9.32. The Labute approximate surface area is 176 Å². The van der Waals surface area contributed by atoms with E-state index < -0.39 is 0 Å². The number of benzene rings is 1. The third-order valence-electron chi connectivity index (χ3n) is 4.56. The van der Waals surface area contributed by atoms with Gasteiger partial charge in [0.05, 0.1) is 7.11 Å². The van der Waals surface area contributed by atoms with Crippen molar-refractivity contribution in [3.63, 3.8) is 0 Å². The molecule has 9 nitrogen and oxygen atoms in total. The molecular weight excluding hydrogens is 382 g/mol. The summed E-state index contributed by atoms with van der Waals surface area (Å²) in [6.07, 6.45) is 1.62. The van der Waals surface area contributed by atoms with E-state index in [1.54, 1.807) is 13.2 Å². The van der Waals surface area contributed by atoms with Gasteiger partial charge in [0.1, 0.15) is 11.4 Å². The van der Waals surface area contributed by atoms with Gasteiger partial charge in [0, 0.05) is 49.5 Å². The Hall–Kier alpha value is -3.62. The first-order valence-corrected chi connectivity index (χ1v) is 9.80. The molecule has 0 saturated heterocycles. The van der Waals surface area contributed by atoms with Gasteiger partial charge in [-0.2, -0.15) is 4.98 Å². The third-order valence-corrected chi connectivity index (χ3v) is 4.56. The molecule has 1 aromatic carbocycles. The Morgan fingerprint density at radius 3 is 2.43 bits per heavy atom. The fourth-order valence-electron chi connectivity index (χ4n) is 3.06. The van der Waals surface area contributed by atoms with E-state index in [2.05, 4.69) is 44.4 Å². The molecule has 2 N–H and O–H groups in total. The number of aryl methyl sites for hydroxylation is 2. The minimum absolute atomic E-state index is 0.286. The smallest absolute Gasteiger partial charge is 0.262 e. The molecule has 0 aliphatic carbocycles. The average Bonchev–Trinajstić information content (AvgIpc) is 3.11. The van der Waals surface area contributed by atoms with E-state index in [4.69, 9.17) is 4.74 Å². The molecule has 3 rings (SSSR count). The van der Waals surface area contributed by atoms with Crippen molar-refractivity contribution >= 4 is 29.0 Å². The van der Waals surface area contributed by atoms with Crippen molar-refractivity contribution in [3.8, 4) is 5.88 Å². The van der Waals surface area contributed by atoms with Crippen LogP contribution in [0.5, 0.6) is 5.88 Å². The summed E-state index contributed by atoms with van der Waals surface area (Å²) in [4.78, 5) is 23.7. The average molecular weight is 409 g/mol. The quantitative estimate of drug-likeness (QED) is 0.589. The van der Waals surface area contributed by atoms with Gasteiger partial charge in [-0.1, -0.05) is 0 Å². The highest BCUT2D eigenvalue weighted by atomic mass is 16.5. The number of aromatic nitrogens is 4. The molecule has 0 saturated carbocycles. The molecule has 0 fully saturated rings. The molecule has 158 valence electrons. The summed E-state index contributed by atoms with van der Waals surface area (Å²) in [5.41, 5.74) is 2.75. The number of amides is 1. The molecular formula is C21H27N7O2. The number of anilines is 4. The van der Waals surface area contributed by atoms with Crippen LogP contribution < -0.4 is 20.3 Å². The van der Waals surface area contributed by atoms with Crippen molar-refractivity contribution in [2.45, 2.75) is 20.8 Å². The van der Waals surface area contributed by atoms with Gasteiger partial charge in [-0.3, -0.25) is 9.48 Å². The molecule has 0 unspecified atom stereocenters. The van der Waals surface area contributed by atoms with Gasteiger partial charge in [-0.15, -0.1) is 5.10 Å². The van der Waals surface area contributed by atoms with Crippen LogP contribution in [0.25, 0.3) is 0 Å². The van der Waals surface area contributed by atoms with E-state index in [-0.39, 0.29) is 11.8 Å². The molecule has 30 heavy (non-hydrogen) atoms. The fourth-order valence-corrected chi connectivity index (χ4v) is 3.06. The summed E-state index contributed by atoms with van der Waals surface area (Å²) in [7, 11) is 3.22. The Morgan fingerprint density at radius 1 is 1.13 bits per heavy atom. The first-order chi connectivity index (χ1) is 14.4. The molecule has 9 heteroatoms. The summed E-state index contributed by atoms with van der Waals surface area (Å²) >= 11 is 0. The van der Waals surface area contributed by atoms with Gasteiger partial charge in [0.2, 0.25) is 11.8 Å². The minimum Gasteiger partial charge on any atom is -0.479 e. The number of methoxy groups -OCH3 is 1. The Bertz CT molecular complexity index is 1010. The Morgan fingerprint density at radius 2 is 1.80 bits per heavy atom. The Kier molecular flexibility index (Phi) is 6.51. The predicted molar refractivity (Wildman–Crippen MR) is 118 cm³/mol. The number of hydrogen-bond donors (Lipinski definition) is 2. The second-order valence-corrected chi connectivity index (χ2v) is 6.75. The first-order valence-electron chi connectivity index (χ1n) is 9.80. The number of rotatable bonds is 8. The summed E-state index contributed by atoms with van der Waals surface area (Å²) < 4.78 is 6.68. The van der Waals surface area contributed by atoms with Crippen LogP contribution in [-0.2, 0) is 7.05 Å². The molecule has 0 bridgehead atoms. The van der Waals surface area contributed by atoms with Crippen molar-refractivity contribution in [2.75, 3.05) is 35.7 Å². The molecule has 2 aromatic heterocycles. The van der Waals surface area contributed by atoms with Crippen LogP contribution in [0.4, 0.5) is 23.1 Å². The van der Waals surface area contributed by atoms with Gasteiger partial charge in [0.15, 0.2) is 0 Å². The highest BCUT2D eigenvalue weighted by Gasteiger charge is 2.16. The number of carbonyl (C=O) groups is 1. The lowest BCUT2D eigenvalue weighted by atomic mass is 10.2. The maximum atomic E-state index is 12.5.